The van der Waals surface area contributed by atoms with Crippen molar-refractivity contribution in [2.24, 2.45) is 5.73 Å². The van der Waals surface area contributed by atoms with E-state index in [-0.39, 0.29) is 5.91 Å². The molecule has 164 valence electrons. The van der Waals surface area contributed by atoms with Gasteiger partial charge in [-0.3, -0.25) is 19.1 Å². The van der Waals surface area contributed by atoms with Gasteiger partial charge in [-0.15, -0.1) is 10.2 Å². The molecule has 0 aliphatic rings. The van der Waals surface area contributed by atoms with Gasteiger partial charge in [0.2, 0.25) is 11.8 Å². The van der Waals surface area contributed by atoms with Crippen LogP contribution in [0.15, 0.2) is 94.2 Å². The molecule has 0 saturated carbocycles. The van der Waals surface area contributed by atoms with Crippen LogP contribution in [0.4, 0.5) is 5.69 Å². The Morgan fingerprint density at radius 2 is 1.67 bits per heavy atom. The third kappa shape index (κ3) is 5.54. The maximum Gasteiger partial charge on any atom is 0.248 e. The van der Waals surface area contributed by atoms with Gasteiger partial charge in [-0.2, -0.15) is 0 Å². The summed E-state index contributed by atoms with van der Waals surface area (Å²) in [6, 6.07) is 17.8. The van der Waals surface area contributed by atoms with Crippen molar-refractivity contribution in [3.05, 3.63) is 94.6 Å². The van der Waals surface area contributed by atoms with Gasteiger partial charge in [0.1, 0.15) is 0 Å². The number of nitrogens with one attached hydrogen (secondary N) is 1. The highest BCUT2D eigenvalue weighted by molar-refractivity contribution is 9.10. The van der Waals surface area contributed by atoms with E-state index in [1.165, 1.54) is 17.8 Å². The molecule has 0 spiro atoms. The molecule has 0 fully saturated rings. The van der Waals surface area contributed by atoms with Gasteiger partial charge in [-0.05, 0) is 66.1 Å². The first-order valence-electron chi connectivity index (χ1n) is 9.67. The summed E-state index contributed by atoms with van der Waals surface area (Å²) in [5.74, 6) is -0.182. The molecular formula is C23H17BrN6O2S. The minimum atomic E-state index is -0.523. The monoisotopic (exact) mass is 520 g/mol. The second-order valence-corrected chi connectivity index (χ2v) is 8.49. The van der Waals surface area contributed by atoms with Gasteiger partial charge in [0.25, 0.3) is 0 Å². The van der Waals surface area contributed by atoms with Crippen molar-refractivity contribution in [2.45, 2.75) is 5.16 Å². The van der Waals surface area contributed by atoms with Crippen LogP contribution in [-0.2, 0) is 4.79 Å². The van der Waals surface area contributed by atoms with Crippen LogP contribution in [0.2, 0.25) is 0 Å². The molecular weight excluding hydrogens is 504 g/mol. The van der Waals surface area contributed by atoms with E-state index in [2.05, 4.69) is 36.4 Å². The van der Waals surface area contributed by atoms with Crippen LogP contribution in [-0.4, -0.2) is 31.6 Å². The molecule has 10 heteroatoms. The zero-order valence-corrected chi connectivity index (χ0v) is 19.5. The maximum absolute atomic E-state index is 12.3. The van der Waals surface area contributed by atoms with Gasteiger partial charge in [-0.25, -0.2) is 0 Å². The van der Waals surface area contributed by atoms with Crippen LogP contribution in [0.3, 0.4) is 0 Å². The van der Waals surface area contributed by atoms with Crippen LogP contribution in [0, 0.1) is 0 Å². The maximum atomic E-state index is 12.3. The normalized spacial score (nSPS) is 10.9. The van der Waals surface area contributed by atoms with E-state index in [1.54, 1.807) is 42.1 Å². The largest absolute Gasteiger partial charge is 0.366 e. The molecule has 0 aliphatic heterocycles. The fraction of sp³-hybridized carbons (Fsp3) is 0. The molecule has 0 atom stereocenters. The average Bonchev–Trinajstić information content (AvgIpc) is 3.24. The molecule has 2 amide bonds. The number of halogens is 1. The highest BCUT2D eigenvalue weighted by atomic mass is 79.9. The van der Waals surface area contributed by atoms with Gasteiger partial charge in [0.15, 0.2) is 11.0 Å². The lowest BCUT2D eigenvalue weighted by molar-refractivity contribution is -0.111. The molecule has 8 nitrogen and oxygen atoms in total. The van der Waals surface area contributed by atoms with E-state index in [4.69, 9.17) is 5.73 Å². The number of nitrogens with two attached hydrogens (primary N) is 1. The first kappa shape index (κ1) is 22.4. The Labute approximate surface area is 202 Å². The number of pyridine rings is 1. The van der Waals surface area contributed by atoms with Gasteiger partial charge >= 0.3 is 0 Å². The van der Waals surface area contributed by atoms with Crippen LogP contribution in [0.1, 0.15) is 10.4 Å². The summed E-state index contributed by atoms with van der Waals surface area (Å²) < 4.78 is 2.87. The predicted molar refractivity (Wildman–Crippen MR) is 131 cm³/mol. The van der Waals surface area contributed by atoms with Crippen LogP contribution in [0.5, 0.6) is 0 Å². The topological polar surface area (TPSA) is 116 Å². The zero-order valence-electron chi connectivity index (χ0n) is 17.1. The van der Waals surface area contributed by atoms with Gasteiger partial charge in [0.05, 0.1) is 0 Å². The smallest absolute Gasteiger partial charge is 0.248 e. The molecule has 3 N–H and O–H groups in total. The van der Waals surface area contributed by atoms with Crippen molar-refractivity contribution >= 4 is 45.2 Å². The predicted octanol–water partition coefficient (Wildman–Crippen LogP) is 4.44. The van der Waals surface area contributed by atoms with Crippen LogP contribution in [0.25, 0.3) is 17.1 Å². The lowest BCUT2D eigenvalue weighted by atomic mass is 10.2. The molecule has 4 aromatic rings. The number of carbonyl (C=O) groups excluding carboxylic acids is 2. The quantitative estimate of drug-likeness (QED) is 0.275. The molecule has 0 aliphatic carbocycles. The lowest BCUT2D eigenvalue weighted by Gasteiger charge is -2.09. The Bertz CT molecular complexity index is 1310. The van der Waals surface area contributed by atoms with Crippen molar-refractivity contribution in [1.82, 2.24) is 19.7 Å². The number of aromatic nitrogens is 4. The Balaban J connectivity index is 1.53. The molecule has 2 aromatic heterocycles. The van der Waals surface area contributed by atoms with Crippen molar-refractivity contribution in [3.63, 3.8) is 0 Å². The fourth-order valence-electron chi connectivity index (χ4n) is 2.92. The standard InChI is InChI=1S/C23H17BrN6O2S/c24-17-3-7-19(8-4-17)30-22(16-9-12-26-13-10-16)28-29-23(30)33-14-11-20(31)27-18-5-1-15(2-6-18)21(25)32/h1-14H,(H2,25,32)(H,27,31)/b14-11+. The van der Waals surface area contributed by atoms with Crippen molar-refractivity contribution in [2.75, 3.05) is 5.32 Å². The molecule has 0 saturated heterocycles. The van der Waals surface area contributed by atoms with Crippen molar-refractivity contribution < 1.29 is 9.59 Å². The number of rotatable bonds is 7. The van der Waals surface area contributed by atoms with Crippen molar-refractivity contribution in [1.29, 1.82) is 0 Å². The summed E-state index contributed by atoms with van der Waals surface area (Å²) in [5, 5.41) is 13.6. The van der Waals surface area contributed by atoms with E-state index < -0.39 is 5.91 Å². The second-order valence-electron chi connectivity index (χ2n) is 6.71. The second kappa shape index (κ2) is 10.2. The number of nitrogens with zero attached hydrogens (tertiary/aromatic N) is 4. The van der Waals surface area contributed by atoms with E-state index in [9.17, 15) is 9.59 Å². The van der Waals surface area contributed by atoms with Gasteiger partial charge in [-0.1, -0.05) is 27.7 Å². The number of primary amides is 1. The number of carbonyl (C=O) groups is 2. The molecule has 2 aromatic carbocycles. The SMILES string of the molecule is NC(=O)c1ccc(NC(=O)/C=C/Sc2nnc(-c3ccncc3)n2-c2ccc(Br)cc2)cc1. The van der Waals surface area contributed by atoms with E-state index in [0.29, 0.717) is 22.2 Å². The third-order valence-corrected chi connectivity index (χ3v) is 5.76. The summed E-state index contributed by atoms with van der Waals surface area (Å²) in [7, 11) is 0. The summed E-state index contributed by atoms with van der Waals surface area (Å²) in [4.78, 5) is 27.5. The highest BCUT2D eigenvalue weighted by Gasteiger charge is 2.15. The average molecular weight is 521 g/mol. The van der Waals surface area contributed by atoms with Gasteiger partial charge in [0, 0.05) is 45.4 Å². The number of thioether (sulfide) groups is 1. The minimum Gasteiger partial charge on any atom is -0.366 e. The summed E-state index contributed by atoms with van der Waals surface area (Å²) >= 11 is 4.72. The number of anilines is 1. The summed E-state index contributed by atoms with van der Waals surface area (Å²) in [5.41, 5.74) is 7.90. The Kier molecular flexibility index (Phi) is 6.96. The van der Waals surface area contributed by atoms with Crippen LogP contribution < -0.4 is 11.1 Å². The van der Waals surface area contributed by atoms with E-state index in [1.807, 2.05) is 41.0 Å². The van der Waals surface area contributed by atoms with E-state index in [0.717, 1.165) is 15.7 Å². The molecule has 0 bridgehead atoms. The van der Waals surface area contributed by atoms with Crippen molar-refractivity contribution in [3.8, 4) is 17.1 Å². The van der Waals surface area contributed by atoms with Gasteiger partial charge < -0.3 is 11.1 Å². The minimum absolute atomic E-state index is 0.321. The Morgan fingerprint density at radius 3 is 2.33 bits per heavy atom. The zero-order chi connectivity index (χ0) is 23.2. The number of amides is 2. The third-order valence-electron chi connectivity index (χ3n) is 4.49. The first-order valence-corrected chi connectivity index (χ1v) is 11.3. The number of benzene rings is 2. The number of hydrogen-bond donors (Lipinski definition) is 2. The first-order chi connectivity index (χ1) is 16.0. The highest BCUT2D eigenvalue weighted by Crippen LogP contribution is 2.29. The summed E-state index contributed by atoms with van der Waals surface area (Å²) in [6.07, 6.45) is 4.80. The molecule has 0 unspecified atom stereocenters. The lowest BCUT2D eigenvalue weighted by Crippen LogP contribution is -2.11. The molecule has 2 heterocycles. The number of hydrogen-bond acceptors (Lipinski definition) is 6. The van der Waals surface area contributed by atoms with Crippen LogP contribution >= 0.6 is 27.7 Å². The fourth-order valence-corrected chi connectivity index (χ4v) is 3.88. The molecule has 33 heavy (non-hydrogen) atoms. The Hall–Kier alpha value is -3.76. The summed E-state index contributed by atoms with van der Waals surface area (Å²) in [6.45, 7) is 0. The van der Waals surface area contributed by atoms with E-state index >= 15 is 0 Å². The molecule has 0 radical (unpaired) electrons. The Morgan fingerprint density at radius 1 is 0.970 bits per heavy atom. The molecule has 4 rings (SSSR count).